The van der Waals surface area contributed by atoms with E-state index >= 15 is 0 Å². The number of nitrogens with one attached hydrogen (secondary N) is 1. The number of rotatable bonds is 6. The Balaban J connectivity index is 2.07. The van der Waals surface area contributed by atoms with Crippen LogP contribution in [0.25, 0.3) is 0 Å². The van der Waals surface area contributed by atoms with Gasteiger partial charge in [0.25, 0.3) is 0 Å². The molecule has 1 atom stereocenters. The number of hydrogen-bond acceptors (Lipinski definition) is 3. The summed E-state index contributed by atoms with van der Waals surface area (Å²) < 4.78 is 5.48. The minimum Gasteiger partial charge on any atom is -0.368 e. The second kappa shape index (κ2) is 6.21. The van der Waals surface area contributed by atoms with Crippen molar-refractivity contribution in [1.82, 2.24) is 5.32 Å². The molecular weight excluding hydrogens is 204 g/mol. The number of nitrogens with two attached hydrogens (primary N) is 1. The number of ether oxygens (including phenoxy) is 1. The molecule has 1 rings (SSSR count). The van der Waals surface area contributed by atoms with Crippen LogP contribution in [0.15, 0.2) is 0 Å². The van der Waals surface area contributed by atoms with Gasteiger partial charge in [-0.3, -0.25) is 4.79 Å². The van der Waals surface area contributed by atoms with Gasteiger partial charge in [-0.1, -0.05) is 13.8 Å². The van der Waals surface area contributed by atoms with Crippen LogP contribution in [-0.4, -0.2) is 31.2 Å². The Labute approximate surface area is 97.9 Å². The molecule has 0 aromatic rings. The fraction of sp³-hybridized carbons (Fsp3) is 0.917. The molecular formula is C12H24N2O2. The van der Waals surface area contributed by atoms with Crippen molar-refractivity contribution in [2.24, 2.45) is 17.6 Å². The van der Waals surface area contributed by atoms with Gasteiger partial charge in [0, 0.05) is 6.04 Å². The van der Waals surface area contributed by atoms with Crippen LogP contribution in [-0.2, 0) is 9.53 Å². The van der Waals surface area contributed by atoms with Gasteiger partial charge in [-0.15, -0.1) is 0 Å². The lowest BCUT2D eigenvalue weighted by Gasteiger charge is -2.34. The van der Waals surface area contributed by atoms with Crippen LogP contribution in [0.5, 0.6) is 0 Å². The third-order valence-electron chi connectivity index (χ3n) is 3.36. The average Bonchev–Trinajstić information content (AvgIpc) is 2.15. The van der Waals surface area contributed by atoms with Gasteiger partial charge < -0.3 is 15.8 Å². The van der Waals surface area contributed by atoms with Crippen LogP contribution in [0.4, 0.5) is 0 Å². The van der Waals surface area contributed by atoms with Crippen molar-refractivity contribution < 1.29 is 9.53 Å². The van der Waals surface area contributed by atoms with Crippen LogP contribution in [0, 0.1) is 11.8 Å². The molecule has 4 nitrogen and oxygen atoms in total. The summed E-state index contributed by atoms with van der Waals surface area (Å²) in [6, 6.07) is 0.203. The Kier molecular flexibility index (Phi) is 5.22. The minimum absolute atomic E-state index is 0.0163. The van der Waals surface area contributed by atoms with Gasteiger partial charge in [0.2, 0.25) is 5.91 Å². The van der Waals surface area contributed by atoms with Crippen molar-refractivity contribution in [3.05, 3.63) is 0 Å². The van der Waals surface area contributed by atoms with E-state index in [-0.39, 0.29) is 24.7 Å². The molecule has 0 heterocycles. The quantitative estimate of drug-likeness (QED) is 0.710. The first-order valence-corrected chi connectivity index (χ1v) is 6.14. The summed E-state index contributed by atoms with van der Waals surface area (Å²) in [5.74, 6) is 1.04. The highest BCUT2D eigenvalue weighted by Crippen LogP contribution is 2.28. The van der Waals surface area contributed by atoms with E-state index < -0.39 is 0 Å². The lowest BCUT2D eigenvalue weighted by atomic mass is 9.82. The number of amides is 1. The molecule has 1 saturated carbocycles. The number of carbonyl (C=O) groups excluding carboxylic acids is 1. The molecule has 1 amide bonds. The van der Waals surface area contributed by atoms with Crippen molar-refractivity contribution >= 4 is 5.91 Å². The first-order chi connectivity index (χ1) is 7.52. The third-order valence-corrected chi connectivity index (χ3v) is 3.36. The zero-order valence-corrected chi connectivity index (χ0v) is 10.5. The van der Waals surface area contributed by atoms with Gasteiger partial charge in [0.15, 0.2) is 0 Å². The number of hydrogen-bond donors (Lipinski definition) is 2. The Bertz CT molecular complexity index is 225. The molecule has 0 saturated heterocycles. The fourth-order valence-corrected chi connectivity index (χ4v) is 1.66. The zero-order chi connectivity index (χ0) is 12.1. The third kappa shape index (κ3) is 4.10. The average molecular weight is 228 g/mol. The first kappa shape index (κ1) is 13.5. The van der Waals surface area contributed by atoms with Crippen molar-refractivity contribution in [3.63, 3.8) is 0 Å². The topological polar surface area (TPSA) is 64.3 Å². The maximum absolute atomic E-state index is 11.5. The molecule has 94 valence electrons. The van der Waals surface area contributed by atoms with Crippen molar-refractivity contribution in [1.29, 1.82) is 0 Å². The summed E-state index contributed by atoms with van der Waals surface area (Å²) in [6.45, 7) is 7.10. The Morgan fingerprint density at radius 1 is 1.44 bits per heavy atom. The maximum Gasteiger partial charge on any atom is 0.246 e. The molecule has 1 aliphatic carbocycles. The van der Waals surface area contributed by atoms with E-state index in [0.29, 0.717) is 11.8 Å². The lowest BCUT2D eigenvalue weighted by molar-refractivity contribution is -0.131. The first-order valence-electron chi connectivity index (χ1n) is 6.14. The van der Waals surface area contributed by atoms with E-state index in [2.05, 4.69) is 19.2 Å². The molecule has 0 bridgehead atoms. The van der Waals surface area contributed by atoms with Crippen LogP contribution in [0.2, 0.25) is 0 Å². The summed E-state index contributed by atoms with van der Waals surface area (Å²) in [6.07, 6.45) is 2.25. The van der Waals surface area contributed by atoms with Gasteiger partial charge >= 0.3 is 0 Å². The van der Waals surface area contributed by atoms with Crippen molar-refractivity contribution in [2.45, 2.75) is 45.8 Å². The smallest absolute Gasteiger partial charge is 0.246 e. The molecule has 1 unspecified atom stereocenters. The van der Waals surface area contributed by atoms with E-state index in [9.17, 15) is 4.79 Å². The minimum atomic E-state index is -0.0163. The SMILES string of the molecule is CC(C)C(C)NC(=O)COC1CC(CN)C1. The van der Waals surface area contributed by atoms with Crippen LogP contribution >= 0.6 is 0 Å². The van der Waals surface area contributed by atoms with Crippen LogP contribution in [0.3, 0.4) is 0 Å². The Morgan fingerprint density at radius 2 is 2.06 bits per heavy atom. The van der Waals surface area contributed by atoms with Gasteiger partial charge in [-0.05, 0) is 38.1 Å². The highest BCUT2D eigenvalue weighted by atomic mass is 16.5. The van der Waals surface area contributed by atoms with Crippen molar-refractivity contribution in [2.75, 3.05) is 13.2 Å². The van der Waals surface area contributed by atoms with Crippen molar-refractivity contribution in [3.8, 4) is 0 Å². The summed E-state index contributed by atoms with van der Waals surface area (Å²) in [5.41, 5.74) is 5.52. The molecule has 0 aromatic heterocycles. The van der Waals surface area contributed by atoms with Gasteiger partial charge in [-0.25, -0.2) is 0 Å². The monoisotopic (exact) mass is 228 g/mol. The number of carbonyl (C=O) groups is 1. The molecule has 4 heteroatoms. The van der Waals surface area contributed by atoms with E-state index in [4.69, 9.17) is 10.5 Å². The highest BCUT2D eigenvalue weighted by molar-refractivity contribution is 5.77. The Morgan fingerprint density at radius 3 is 2.56 bits per heavy atom. The highest BCUT2D eigenvalue weighted by Gasteiger charge is 2.29. The lowest BCUT2D eigenvalue weighted by Crippen LogP contribution is -2.41. The Hall–Kier alpha value is -0.610. The molecule has 1 aliphatic rings. The van der Waals surface area contributed by atoms with Gasteiger partial charge in [-0.2, -0.15) is 0 Å². The standard InChI is InChI=1S/C12H24N2O2/c1-8(2)9(3)14-12(15)7-16-11-4-10(5-11)6-13/h8-11H,4-7,13H2,1-3H3,(H,14,15). The largest absolute Gasteiger partial charge is 0.368 e. The van der Waals surface area contributed by atoms with Crippen LogP contribution in [0.1, 0.15) is 33.6 Å². The summed E-state index contributed by atoms with van der Waals surface area (Å²) in [4.78, 5) is 11.5. The molecule has 0 spiro atoms. The second-order valence-electron chi connectivity index (χ2n) is 5.11. The normalized spacial score (nSPS) is 26.3. The van der Waals surface area contributed by atoms with Gasteiger partial charge in [0.05, 0.1) is 6.10 Å². The molecule has 0 aliphatic heterocycles. The zero-order valence-electron chi connectivity index (χ0n) is 10.5. The maximum atomic E-state index is 11.5. The predicted molar refractivity (Wildman–Crippen MR) is 64.0 cm³/mol. The second-order valence-corrected chi connectivity index (χ2v) is 5.11. The molecule has 16 heavy (non-hydrogen) atoms. The molecule has 0 aromatic carbocycles. The predicted octanol–water partition coefficient (Wildman–Crippen LogP) is 0.901. The molecule has 1 fully saturated rings. The van der Waals surface area contributed by atoms with E-state index in [1.807, 2.05) is 6.92 Å². The van der Waals surface area contributed by atoms with Gasteiger partial charge in [0.1, 0.15) is 6.61 Å². The van der Waals surface area contributed by atoms with E-state index in [0.717, 1.165) is 19.4 Å². The summed E-state index contributed by atoms with van der Waals surface area (Å²) >= 11 is 0. The summed E-state index contributed by atoms with van der Waals surface area (Å²) in [5, 5.41) is 2.92. The fourth-order valence-electron chi connectivity index (χ4n) is 1.66. The summed E-state index contributed by atoms with van der Waals surface area (Å²) in [7, 11) is 0. The van der Waals surface area contributed by atoms with E-state index in [1.165, 1.54) is 0 Å². The molecule has 3 N–H and O–H groups in total. The molecule has 0 radical (unpaired) electrons. The van der Waals surface area contributed by atoms with E-state index in [1.54, 1.807) is 0 Å². The van der Waals surface area contributed by atoms with Crippen LogP contribution < -0.4 is 11.1 Å².